The molecule has 2 aliphatic rings. The fourth-order valence-electron chi connectivity index (χ4n) is 10.7. The molecule has 302 valence electrons. The predicted molar refractivity (Wildman–Crippen MR) is 267 cm³/mol. The van der Waals surface area contributed by atoms with Crippen molar-refractivity contribution in [3.05, 3.63) is 235 Å². The van der Waals surface area contributed by atoms with Crippen LogP contribution in [0.2, 0.25) is 0 Å². The van der Waals surface area contributed by atoms with Gasteiger partial charge in [0.05, 0.1) is 28.0 Å². The number of hydrogen-bond donors (Lipinski definition) is 0. The molecule has 12 aromatic rings. The Balaban J connectivity index is 0.993. The molecule has 9 aromatic carbocycles. The first-order valence-corrected chi connectivity index (χ1v) is 22.8. The number of thiophene rings is 1. The minimum atomic E-state index is -0.572. The van der Waals surface area contributed by atoms with Crippen LogP contribution >= 0.6 is 11.3 Å². The first-order chi connectivity index (χ1) is 32.2. The second-order valence-corrected chi connectivity index (χ2v) is 18.1. The lowest BCUT2D eigenvalue weighted by Crippen LogP contribution is -2.32. The van der Waals surface area contributed by atoms with Crippen LogP contribution in [-0.2, 0) is 5.41 Å². The largest absolute Gasteiger partial charge is 0.457 e. The SMILES string of the molecule is c1ccc(-c2nc(-c3cccc(-c4nc5ccccc5c5cc6c(cc45)Oc4ccccc4C64c5ccccc5-c5ccccc54)c3)cc(-c3cccc4c3sc3ccccc34)n2)cc1. The van der Waals surface area contributed by atoms with Crippen molar-refractivity contribution >= 4 is 53.2 Å². The number of rotatable bonds is 4. The molecule has 0 fully saturated rings. The van der Waals surface area contributed by atoms with Gasteiger partial charge in [0.1, 0.15) is 11.5 Å². The zero-order valence-corrected chi connectivity index (χ0v) is 35.7. The van der Waals surface area contributed by atoms with E-state index in [-0.39, 0.29) is 0 Å². The summed E-state index contributed by atoms with van der Waals surface area (Å²) in [5.74, 6) is 2.38. The lowest BCUT2D eigenvalue weighted by atomic mass is 9.65. The van der Waals surface area contributed by atoms with Gasteiger partial charge in [-0.1, -0.05) is 170 Å². The highest BCUT2D eigenvalue weighted by atomic mass is 32.1. The van der Waals surface area contributed by atoms with E-state index in [0.717, 1.165) is 83.6 Å². The van der Waals surface area contributed by atoms with Crippen LogP contribution in [0.1, 0.15) is 22.3 Å². The van der Waals surface area contributed by atoms with Gasteiger partial charge in [0.25, 0.3) is 0 Å². The number of pyridine rings is 1. The Morgan fingerprint density at radius 2 is 1.00 bits per heavy atom. The van der Waals surface area contributed by atoms with E-state index in [9.17, 15) is 0 Å². The van der Waals surface area contributed by atoms with Crippen molar-refractivity contribution in [1.29, 1.82) is 0 Å². The van der Waals surface area contributed by atoms with Crippen LogP contribution in [0.4, 0.5) is 0 Å². The molecule has 4 heterocycles. The highest BCUT2D eigenvalue weighted by Crippen LogP contribution is 2.62. The molecule has 0 saturated heterocycles. The average Bonchev–Trinajstić information content (AvgIpc) is 3.90. The maximum absolute atomic E-state index is 7.01. The lowest BCUT2D eigenvalue weighted by molar-refractivity contribution is 0.437. The summed E-state index contributed by atoms with van der Waals surface area (Å²) in [6.07, 6.45) is 0. The van der Waals surface area contributed by atoms with E-state index in [0.29, 0.717) is 5.82 Å². The third-order valence-corrected chi connectivity index (χ3v) is 14.8. The molecule has 1 aliphatic heterocycles. The molecule has 65 heavy (non-hydrogen) atoms. The number of hydrogen-bond acceptors (Lipinski definition) is 5. The number of para-hydroxylation sites is 2. The highest BCUT2D eigenvalue weighted by Gasteiger charge is 2.51. The van der Waals surface area contributed by atoms with Crippen molar-refractivity contribution in [2.45, 2.75) is 5.41 Å². The Labute approximate surface area is 378 Å². The van der Waals surface area contributed by atoms with Gasteiger partial charge in [-0.15, -0.1) is 11.3 Å². The molecular weight excluding hydrogens is 811 g/mol. The molecule has 1 aliphatic carbocycles. The monoisotopic (exact) mass is 845 g/mol. The normalized spacial score (nSPS) is 13.2. The molecule has 5 heteroatoms. The quantitative estimate of drug-likeness (QED) is 0.166. The molecule has 4 nitrogen and oxygen atoms in total. The standard InChI is InChI=1S/C60H35N3OS/c1-2-16-36(17-3-1)59-62-52(35-53(63-59)44-25-15-24-43-42-23-7-13-31-56(42)65-58(43)44)37-18-14-19-38(32-37)57-46-34-55-50(33-45(46)41-22-6-11-29-51(41)61-57)60(49-28-10-12-30-54(49)64-55)47-26-8-4-20-39(47)40-21-5-9-27-48(40)60/h1-35H. The molecular formula is C60H35N3OS. The van der Waals surface area contributed by atoms with Gasteiger partial charge in [-0.25, -0.2) is 15.0 Å². The molecule has 0 amide bonds. The second kappa shape index (κ2) is 13.9. The highest BCUT2D eigenvalue weighted by molar-refractivity contribution is 7.26. The average molecular weight is 846 g/mol. The number of benzene rings is 9. The zero-order chi connectivity index (χ0) is 42.6. The van der Waals surface area contributed by atoms with Gasteiger partial charge < -0.3 is 4.74 Å². The van der Waals surface area contributed by atoms with E-state index < -0.39 is 5.41 Å². The van der Waals surface area contributed by atoms with Gasteiger partial charge in [0, 0.05) is 64.3 Å². The topological polar surface area (TPSA) is 47.9 Å². The molecule has 0 saturated carbocycles. The molecule has 0 N–H and O–H groups in total. The summed E-state index contributed by atoms with van der Waals surface area (Å²) >= 11 is 1.81. The van der Waals surface area contributed by atoms with E-state index in [2.05, 4.69) is 194 Å². The van der Waals surface area contributed by atoms with Crippen LogP contribution in [0.5, 0.6) is 11.5 Å². The van der Waals surface area contributed by atoms with Crippen molar-refractivity contribution in [2.75, 3.05) is 0 Å². The van der Waals surface area contributed by atoms with Gasteiger partial charge in [0.15, 0.2) is 5.82 Å². The summed E-state index contributed by atoms with van der Waals surface area (Å²) in [4.78, 5) is 16.0. The summed E-state index contributed by atoms with van der Waals surface area (Å²) < 4.78 is 9.50. The van der Waals surface area contributed by atoms with Crippen molar-refractivity contribution < 1.29 is 4.74 Å². The third-order valence-electron chi connectivity index (χ3n) is 13.5. The Morgan fingerprint density at radius 3 is 1.85 bits per heavy atom. The van der Waals surface area contributed by atoms with Crippen molar-refractivity contribution in [3.8, 4) is 67.8 Å². The zero-order valence-electron chi connectivity index (χ0n) is 34.9. The Kier molecular flexibility index (Phi) is 7.74. The minimum absolute atomic E-state index is 0.572. The second-order valence-electron chi connectivity index (χ2n) is 17.0. The van der Waals surface area contributed by atoms with Crippen LogP contribution in [0.3, 0.4) is 0 Å². The van der Waals surface area contributed by atoms with Crippen molar-refractivity contribution in [2.24, 2.45) is 0 Å². The smallest absolute Gasteiger partial charge is 0.160 e. The maximum atomic E-state index is 7.01. The number of ether oxygens (including phenoxy) is 1. The van der Waals surface area contributed by atoms with E-state index in [1.165, 1.54) is 42.4 Å². The molecule has 0 unspecified atom stereocenters. The summed E-state index contributed by atoms with van der Waals surface area (Å²) in [7, 11) is 0. The van der Waals surface area contributed by atoms with Crippen LogP contribution in [-0.4, -0.2) is 15.0 Å². The van der Waals surface area contributed by atoms with Gasteiger partial charge in [-0.3, -0.25) is 0 Å². The molecule has 0 atom stereocenters. The first kappa shape index (κ1) is 36.3. The number of nitrogens with zero attached hydrogens (tertiary/aromatic N) is 3. The fourth-order valence-corrected chi connectivity index (χ4v) is 12.0. The number of aromatic nitrogens is 3. The first-order valence-electron chi connectivity index (χ1n) is 22.0. The summed E-state index contributed by atoms with van der Waals surface area (Å²) in [6.45, 7) is 0. The molecule has 1 spiro atoms. The Bertz CT molecular complexity index is 3900. The van der Waals surface area contributed by atoms with Gasteiger partial charge in [-0.2, -0.15) is 0 Å². The Morgan fingerprint density at radius 1 is 0.369 bits per heavy atom. The van der Waals surface area contributed by atoms with E-state index in [1.807, 2.05) is 29.5 Å². The Hall–Kier alpha value is -8.25. The summed E-state index contributed by atoms with van der Waals surface area (Å²) in [5, 5.41) is 5.76. The van der Waals surface area contributed by atoms with Crippen LogP contribution in [0.25, 0.3) is 98.1 Å². The van der Waals surface area contributed by atoms with Crippen molar-refractivity contribution in [1.82, 2.24) is 15.0 Å². The minimum Gasteiger partial charge on any atom is -0.457 e. The summed E-state index contributed by atoms with van der Waals surface area (Å²) in [5.41, 5.74) is 14.4. The van der Waals surface area contributed by atoms with Gasteiger partial charge >= 0.3 is 0 Å². The van der Waals surface area contributed by atoms with Crippen molar-refractivity contribution in [3.63, 3.8) is 0 Å². The van der Waals surface area contributed by atoms with E-state index >= 15 is 0 Å². The molecule has 3 aromatic heterocycles. The molecule has 0 bridgehead atoms. The third kappa shape index (κ3) is 5.27. The summed E-state index contributed by atoms with van der Waals surface area (Å²) in [6, 6.07) is 75.8. The van der Waals surface area contributed by atoms with Crippen LogP contribution in [0.15, 0.2) is 212 Å². The maximum Gasteiger partial charge on any atom is 0.160 e. The lowest BCUT2D eigenvalue weighted by Gasteiger charge is -2.39. The van der Waals surface area contributed by atoms with Crippen LogP contribution in [0, 0.1) is 0 Å². The van der Waals surface area contributed by atoms with E-state index in [1.54, 1.807) is 0 Å². The predicted octanol–water partition coefficient (Wildman–Crippen LogP) is 15.7. The van der Waals surface area contributed by atoms with Gasteiger partial charge in [-0.05, 0) is 70.1 Å². The molecule has 14 rings (SSSR count). The van der Waals surface area contributed by atoms with Gasteiger partial charge in [0.2, 0.25) is 0 Å². The van der Waals surface area contributed by atoms with Crippen LogP contribution < -0.4 is 4.74 Å². The van der Waals surface area contributed by atoms with E-state index in [4.69, 9.17) is 19.7 Å². The fraction of sp³-hybridized carbons (Fsp3) is 0.0167. The number of fused-ring (bicyclic) bond motifs is 15. The molecule has 0 radical (unpaired) electrons.